The van der Waals surface area contributed by atoms with Crippen molar-refractivity contribution in [2.45, 2.75) is 46.2 Å². The zero-order valence-electron chi connectivity index (χ0n) is 22.4. The van der Waals surface area contributed by atoms with Crippen molar-refractivity contribution in [1.29, 1.82) is 0 Å². The summed E-state index contributed by atoms with van der Waals surface area (Å²) >= 11 is 0. The van der Waals surface area contributed by atoms with E-state index in [-0.39, 0.29) is 5.41 Å². The van der Waals surface area contributed by atoms with Crippen molar-refractivity contribution in [3.8, 4) is 22.8 Å². The number of hydrogen-bond donors (Lipinski definition) is 0. The van der Waals surface area contributed by atoms with E-state index in [4.69, 9.17) is 4.74 Å². The molecule has 0 radical (unpaired) electrons. The minimum atomic E-state index is -1.91. The second-order valence-electron chi connectivity index (χ2n) is 11.8. The van der Waals surface area contributed by atoms with Crippen molar-refractivity contribution in [2.75, 3.05) is 0 Å². The summed E-state index contributed by atoms with van der Waals surface area (Å²) in [6.45, 7) is 14.0. The first-order chi connectivity index (χ1) is 17.1. The topological polar surface area (TPSA) is 13.1 Å². The van der Waals surface area contributed by atoms with Gasteiger partial charge in [0.15, 0.2) is 6.20 Å². The third kappa shape index (κ3) is 3.26. The van der Waals surface area contributed by atoms with Crippen LogP contribution in [0, 0.1) is 6.92 Å². The van der Waals surface area contributed by atoms with Crippen LogP contribution in [0.1, 0.15) is 31.9 Å². The maximum Gasteiger partial charge on any atom is 0.228 e. The van der Waals surface area contributed by atoms with E-state index in [0.29, 0.717) is 0 Å². The zero-order chi connectivity index (χ0) is 25.4. The van der Waals surface area contributed by atoms with E-state index in [2.05, 4.69) is 131 Å². The van der Waals surface area contributed by atoms with Crippen LogP contribution in [0.3, 0.4) is 0 Å². The molecule has 4 aromatic carbocycles. The normalized spacial score (nSPS) is 13.1. The number of pyridine rings is 1. The minimum absolute atomic E-state index is 0.0724. The van der Waals surface area contributed by atoms with Gasteiger partial charge >= 0.3 is 0 Å². The number of aromatic nitrogens is 1. The summed E-state index contributed by atoms with van der Waals surface area (Å²) in [5.74, 6) is 2.00. The highest BCUT2D eigenvalue weighted by Crippen LogP contribution is 2.52. The number of benzene rings is 4. The highest BCUT2D eigenvalue weighted by atomic mass is 28.3. The van der Waals surface area contributed by atoms with E-state index in [0.717, 1.165) is 11.5 Å². The number of nitrogens with zero attached hydrogens (tertiary/aromatic N) is 1. The first-order valence-electron chi connectivity index (χ1n) is 12.9. The zero-order valence-corrected chi connectivity index (χ0v) is 23.4. The molecule has 6 rings (SSSR count). The van der Waals surface area contributed by atoms with Gasteiger partial charge in [-0.15, -0.1) is 0 Å². The van der Waals surface area contributed by atoms with Gasteiger partial charge in [0, 0.05) is 11.6 Å². The average Bonchev–Trinajstić information content (AvgIpc) is 2.85. The molecule has 0 saturated carbocycles. The summed E-state index contributed by atoms with van der Waals surface area (Å²) in [7, 11) is 0.252. The molecule has 1 aromatic heterocycles. The summed E-state index contributed by atoms with van der Waals surface area (Å²) in [4.78, 5) is 0. The van der Waals surface area contributed by atoms with Crippen LogP contribution in [0.15, 0.2) is 79.0 Å². The minimum Gasteiger partial charge on any atom is -0.455 e. The number of rotatable bonds is 2. The molecule has 1 aliphatic heterocycles. The Kier molecular flexibility index (Phi) is 4.97. The van der Waals surface area contributed by atoms with E-state index in [1.165, 1.54) is 54.3 Å². The summed E-state index contributed by atoms with van der Waals surface area (Å²) in [5.41, 5.74) is 4.98. The smallest absolute Gasteiger partial charge is 0.228 e. The fraction of sp³-hybridized carbons (Fsp3) is 0.242. The molecule has 3 heteroatoms. The molecular weight excluding hydrogens is 454 g/mol. The van der Waals surface area contributed by atoms with Crippen LogP contribution in [0.25, 0.3) is 32.8 Å². The second kappa shape index (κ2) is 7.78. The Bertz CT molecular complexity index is 1680. The van der Waals surface area contributed by atoms with Gasteiger partial charge in [-0.05, 0) is 40.1 Å². The Morgan fingerprint density at radius 1 is 0.806 bits per heavy atom. The van der Waals surface area contributed by atoms with Gasteiger partial charge in [-0.2, -0.15) is 0 Å². The Morgan fingerprint density at radius 2 is 1.47 bits per heavy atom. The van der Waals surface area contributed by atoms with E-state index < -0.39 is 8.07 Å². The first kappa shape index (κ1) is 23.0. The van der Waals surface area contributed by atoms with Gasteiger partial charge in [-0.1, -0.05) is 105 Å². The third-order valence-electron chi connectivity index (χ3n) is 8.05. The van der Waals surface area contributed by atoms with Gasteiger partial charge in [-0.3, -0.25) is 0 Å². The first-order valence-corrected chi connectivity index (χ1v) is 15.9. The molecule has 180 valence electrons. The summed E-state index contributed by atoms with van der Waals surface area (Å²) in [5, 5.41) is 7.89. The maximum atomic E-state index is 7.03. The van der Waals surface area contributed by atoms with Crippen LogP contribution in [-0.4, -0.2) is 8.07 Å². The average molecular weight is 489 g/mol. The molecule has 0 fully saturated rings. The maximum absolute atomic E-state index is 7.03. The molecule has 1 aliphatic rings. The number of fused-ring (bicyclic) bond motifs is 3. The molecule has 0 aliphatic carbocycles. The van der Waals surface area contributed by atoms with Crippen molar-refractivity contribution in [3.63, 3.8) is 0 Å². The molecule has 0 unspecified atom stereocenters. The molecule has 5 aromatic rings. The Labute approximate surface area is 215 Å². The van der Waals surface area contributed by atoms with E-state index in [9.17, 15) is 0 Å². The van der Waals surface area contributed by atoms with Crippen molar-refractivity contribution in [2.24, 2.45) is 7.05 Å². The van der Waals surface area contributed by atoms with Crippen molar-refractivity contribution in [3.05, 3.63) is 90.1 Å². The summed E-state index contributed by atoms with van der Waals surface area (Å²) < 4.78 is 9.31. The van der Waals surface area contributed by atoms with Gasteiger partial charge in [0.2, 0.25) is 5.69 Å². The van der Waals surface area contributed by atoms with Gasteiger partial charge < -0.3 is 4.74 Å². The predicted molar refractivity (Wildman–Crippen MR) is 155 cm³/mol. The van der Waals surface area contributed by atoms with E-state index in [1.54, 1.807) is 0 Å². The van der Waals surface area contributed by atoms with E-state index >= 15 is 0 Å². The number of aryl methyl sites for hydroxylation is 2. The van der Waals surface area contributed by atoms with Crippen molar-refractivity contribution >= 4 is 40.0 Å². The molecule has 0 bridgehead atoms. The molecule has 2 heterocycles. The lowest BCUT2D eigenvalue weighted by molar-refractivity contribution is -0.659. The SMILES string of the molecule is Cc1c2c(c(C(C)(C)C)c3ccccc13)Oc1cc([Si](C)(C)c3ccccc3)cc3cc[n+](C)c-2c13. The lowest BCUT2D eigenvalue weighted by atomic mass is 9.78. The van der Waals surface area contributed by atoms with Gasteiger partial charge in [0.05, 0.1) is 10.9 Å². The molecule has 2 nitrogen and oxygen atoms in total. The number of hydrogen-bond acceptors (Lipinski definition) is 1. The fourth-order valence-electron chi connectivity index (χ4n) is 6.05. The molecular formula is C33H34NOSi+. The van der Waals surface area contributed by atoms with Crippen LogP contribution in [0.4, 0.5) is 0 Å². The Balaban J connectivity index is 1.72. The molecule has 0 atom stereocenters. The van der Waals surface area contributed by atoms with Crippen molar-refractivity contribution in [1.82, 2.24) is 0 Å². The summed E-state index contributed by atoms with van der Waals surface area (Å²) in [6.07, 6.45) is 2.21. The van der Waals surface area contributed by atoms with E-state index in [1.807, 2.05) is 0 Å². The summed E-state index contributed by atoms with van der Waals surface area (Å²) in [6, 6.07) is 26.8. The largest absolute Gasteiger partial charge is 0.455 e. The highest BCUT2D eigenvalue weighted by molar-refractivity contribution is 7.00. The molecule has 0 N–H and O–H groups in total. The van der Waals surface area contributed by atoms with Crippen LogP contribution in [0.5, 0.6) is 11.5 Å². The van der Waals surface area contributed by atoms with Gasteiger partial charge in [0.25, 0.3) is 0 Å². The Hall–Kier alpha value is -3.43. The van der Waals surface area contributed by atoms with Crippen LogP contribution in [-0.2, 0) is 12.5 Å². The lowest BCUT2D eigenvalue weighted by Gasteiger charge is -2.31. The lowest BCUT2D eigenvalue weighted by Crippen LogP contribution is -2.52. The molecule has 0 amide bonds. The van der Waals surface area contributed by atoms with Gasteiger partial charge in [-0.25, -0.2) is 4.57 Å². The predicted octanol–water partition coefficient (Wildman–Crippen LogP) is 7.02. The monoisotopic (exact) mass is 488 g/mol. The molecule has 0 spiro atoms. The molecule has 36 heavy (non-hydrogen) atoms. The Morgan fingerprint density at radius 3 is 2.17 bits per heavy atom. The third-order valence-corrected chi connectivity index (χ3v) is 11.6. The highest BCUT2D eigenvalue weighted by Gasteiger charge is 2.37. The molecule has 0 saturated heterocycles. The van der Waals surface area contributed by atoms with Crippen LogP contribution < -0.4 is 19.7 Å². The number of ether oxygens (including phenoxy) is 1. The van der Waals surface area contributed by atoms with Gasteiger partial charge in [0.1, 0.15) is 26.6 Å². The van der Waals surface area contributed by atoms with Crippen LogP contribution in [0.2, 0.25) is 13.1 Å². The van der Waals surface area contributed by atoms with Crippen LogP contribution >= 0.6 is 0 Å². The standard InChI is InChI=1S/C33H34NOSi/c1-21-25-15-11-12-16-26(25)30(33(2,3)4)32-28(21)31-29-22(17-18-34(31)5)19-24(20-27(29)35-32)36(6,7)23-13-9-8-10-14-23/h8-20H,1-7H3/q+1. The quantitative estimate of drug-likeness (QED) is 0.189. The fourth-order valence-corrected chi connectivity index (χ4v) is 8.42. The second-order valence-corrected chi connectivity index (χ2v) is 16.2. The van der Waals surface area contributed by atoms with Crippen molar-refractivity contribution < 1.29 is 9.30 Å².